The molecular formula is C18H15FN2O3S. The zero-order valence-corrected chi connectivity index (χ0v) is 14.1. The fourth-order valence-corrected chi connectivity index (χ4v) is 3.61. The van der Waals surface area contributed by atoms with Gasteiger partial charge in [-0.25, -0.2) is 12.8 Å². The average Bonchev–Trinajstić information content (AvgIpc) is 2.58. The van der Waals surface area contributed by atoms with Gasteiger partial charge in [0.1, 0.15) is 5.82 Å². The number of carbonyl (C=O) groups is 1. The van der Waals surface area contributed by atoms with E-state index in [1.54, 1.807) is 12.1 Å². The molecule has 0 radical (unpaired) electrons. The lowest BCUT2D eigenvalue weighted by atomic mass is 10.1. The molecule has 0 saturated carbocycles. The molecule has 3 aromatic rings. The first-order valence-electron chi connectivity index (χ1n) is 7.39. The van der Waals surface area contributed by atoms with E-state index in [0.717, 1.165) is 16.8 Å². The molecule has 0 aliphatic carbocycles. The minimum atomic E-state index is -3.96. The smallest absolute Gasteiger partial charge is 0.261 e. The van der Waals surface area contributed by atoms with Gasteiger partial charge in [0.05, 0.1) is 10.6 Å². The fraction of sp³-hybridized carbons (Fsp3) is 0.0556. The molecule has 25 heavy (non-hydrogen) atoms. The predicted molar refractivity (Wildman–Crippen MR) is 94.4 cm³/mol. The minimum absolute atomic E-state index is 0.0260. The average molecular weight is 358 g/mol. The summed E-state index contributed by atoms with van der Waals surface area (Å²) < 4.78 is 41.6. The number of nitrogens with two attached hydrogens (primary N) is 1. The van der Waals surface area contributed by atoms with Gasteiger partial charge in [0.25, 0.3) is 10.0 Å². The zero-order chi connectivity index (χ0) is 18.2. The highest BCUT2D eigenvalue weighted by molar-refractivity contribution is 7.92. The lowest BCUT2D eigenvalue weighted by Gasteiger charge is -2.13. The number of hydrogen-bond acceptors (Lipinski definition) is 3. The van der Waals surface area contributed by atoms with Crippen LogP contribution in [0.1, 0.15) is 15.9 Å². The van der Waals surface area contributed by atoms with E-state index in [1.807, 2.05) is 18.2 Å². The number of halogens is 1. The predicted octanol–water partition coefficient (Wildman–Crippen LogP) is 3.19. The lowest BCUT2D eigenvalue weighted by molar-refractivity contribution is 0.1000. The number of nitrogens with one attached hydrogen (secondary N) is 1. The molecule has 0 atom stereocenters. The molecule has 0 heterocycles. The summed E-state index contributed by atoms with van der Waals surface area (Å²) in [4.78, 5) is 11.3. The number of hydrogen-bond donors (Lipinski definition) is 2. The number of primary amides is 1. The maximum Gasteiger partial charge on any atom is 0.261 e. The van der Waals surface area contributed by atoms with E-state index >= 15 is 0 Å². The van der Waals surface area contributed by atoms with Gasteiger partial charge in [0, 0.05) is 11.1 Å². The highest BCUT2D eigenvalue weighted by Crippen LogP contribution is 2.25. The van der Waals surface area contributed by atoms with Crippen molar-refractivity contribution in [2.24, 2.45) is 5.73 Å². The van der Waals surface area contributed by atoms with E-state index in [-0.39, 0.29) is 21.7 Å². The largest absolute Gasteiger partial charge is 0.366 e. The highest BCUT2D eigenvalue weighted by Gasteiger charge is 2.18. The quantitative estimate of drug-likeness (QED) is 0.750. The van der Waals surface area contributed by atoms with Crippen LogP contribution in [0.2, 0.25) is 0 Å². The van der Waals surface area contributed by atoms with Crippen LogP contribution in [-0.2, 0) is 10.0 Å². The first kappa shape index (κ1) is 16.9. The van der Waals surface area contributed by atoms with Crippen LogP contribution in [-0.4, -0.2) is 14.3 Å². The molecule has 128 valence electrons. The molecule has 0 fully saturated rings. The van der Waals surface area contributed by atoms with E-state index in [4.69, 9.17) is 5.73 Å². The summed E-state index contributed by atoms with van der Waals surface area (Å²) in [5.41, 5.74) is 5.10. The summed E-state index contributed by atoms with van der Waals surface area (Å²) in [6.45, 7) is 1.42. The van der Waals surface area contributed by atoms with Crippen LogP contribution in [0.25, 0.3) is 10.8 Å². The number of anilines is 1. The molecule has 3 N–H and O–H groups in total. The molecule has 5 nitrogen and oxygen atoms in total. The Morgan fingerprint density at radius 1 is 1.04 bits per heavy atom. The Balaban J connectivity index is 2.05. The van der Waals surface area contributed by atoms with Crippen LogP contribution < -0.4 is 10.5 Å². The van der Waals surface area contributed by atoms with Gasteiger partial charge in [0.15, 0.2) is 0 Å². The fourth-order valence-electron chi connectivity index (χ4n) is 2.47. The first-order valence-corrected chi connectivity index (χ1v) is 8.88. The van der Waals surface area contributed by atoms with Crippen molar-refractivity contribution >= 4 is 32.4 Å². The Kier molecular flexibility index (Phi) is 4.18. The molecule has 0 aliphatic heterocycles. The minimum Gasteiger partial charge on any atom is -0.366 e. The van der Waals surface area contributed by atoms with Crippen LogP contribution >= 0.6 is 0 Å². The molecule has 0 aromatic heterocycles. The second-order valence-electron chi connectivity index (χ2n) is 5.61. The molecule has 0 saturated heterocycles. The summed E-state index contributed by atoms with van der Waals surface area (Å²) in [6.07, 6.45) is 0. The summed E-state index contributed by atoms with van der Waals surface area (Å²) in [7, 11) is -3.96. The highest BCUT2D eigenvalue weighted by atomic mass is 32.2. The van der Waals surface area contributed by atoms with Crippen LogP contribution in [0.15, 0.2) is 59.5 Å². The molecule has 3 rings (SSSR count). The Hall–Kier alpha value is -2.93. The van der Waals surface area contributed by atoms with Crippen molar-refractivity contribution in [3.8, 4) is 0 Å². The maximum atomic E-state index is 13.9. The van der Waals surface area contributed by atoms with Crippen LogP contribution in [0.5, 0.6) is 0 Å². The summed E-state index contributed by atoms with van der Waals surface area (Å²) in [6, 6.07) is 14.2. The second kappa shape index (κ2) is 6.18. The molecule has 0 spiro atoms. The molecule has 0 aliphatic rings. The van der Waals surface area contributed by atoms with Gasteiger partial charge >= 0.3 is 0 Å². The molecule has 1 amide bonds. The number of carbonyl (C=O) groups excluding carboxylic acids is 1. The normalized spacial score (nSPS) is 11.4. The molecule has 3 aromatic carbocycles. The van der Waals surface area contributed by atoms with Crippen molar-refractivity contribution in [3.63, 3.8) is 0 Å². The van der Waals surface area contributed by atoms with Crippen molar-refractivity contribution in [2.45, 2.75) is 11.8 Å². The van der Waals surface area contributed by atoms with E-state index in [1.165, 1.54) is 25.1 Å². The first-order chi connectivity index (χ1) is 11.8. The Bertz CT molecular complexity index is 1090. The van der Waals surface area contributed by atoms with Crippen molar-refractivity contribution < 1.29 is 17.6 Å². The number of amides is 1. The van der Waals surface area contributed by atoms with Crippen LogP contribution in [0, 0.1) is 12.7 Å². The molecule has 7 heteroatoms. The third-order valence-electron chi connectivity index (χ3n) is 3.90. The molecular weight excluding hydrogens is 343 g/mol. The topological polar surface area (TPSA) is 89.3 Å². The standard InChI is InChI=1S/C18H15FN2O3S/c1-11-16(19)9-14(18(20)22)10-17(11)21-25(23,24)15-7-6-12-4-2-3-5-13(12)8-15/h2-10,21H,1H3,(H2,20,22). The van der Waals surface area contributed by atoms with Gasteiger partial charge in [-0.3, -0.25) is 9.52 Å². The molecule has 0 unspecified atom stereocenters. The summed E-state index contributed by atoms with van der Waals surface area (Å²) in [5.74, 6) is -1.56. The van der Waals surface area contributed by atoms with E-state index in [0.29, 0.717) is 0 Å². The Labute approximate surface area is 144 Å². The van der Waals surface area contributed by atoms with Crippen molar-refractivity contribution in [2.75, 3.05) is 4.72 Å². The van der Waals surface area contributed by atoms with Gasteiger partial charge in [0.2, 0.25) is 5.91 Å². The number of benzene rings is 3. The van der Waals surface area contributed by atoms with E-state index in [2.05, 4.69) is 4.72 Å². The van der Waals surface area contributed by atoms with Gasteiger partial charge in [-0.1, -0.05) is 30.3 Å². The number of fused-ring (bicyclic) bond motifs is 1. The van der Waals surface area contributed by atoms with Crippen molar-refractivity contribution in [1.82, 2.24) is 0 Å². The third-order valence-corrected chi connectivity index (χ3v) is 5.27. The van der Waals surface area contributed by atoms with Crippen molar-refractivity contribution in [3.05, 3.63) is 71.5 Å². The maximum absolute atomic E-state index is 13.9. The number of rotatable bonds is 4. The van der Waals surface area contributed by atoms with Gasteiger partial charge < -0.3 is 5.73 Å². The zero-order valence-electron chi connectivity index (χ0n) is 13.3. The Morgan fingerprint density at radius 2 is 1.72 bits per heavy atom. The van der Waals surface area contributed by atoms with Gasteiger partial charge in [-0.05, 0) is 42.0 Å². The monoisotopic (exact) mass is 358 g/mol. The lowest BCUT2D eigenvalue weighted by Crippen LogP contribution is -2.16. The van der Waals surface area contributed by atoms with Gasteiger partial charge in [-0.2, -0.15) is 0 Å². The summed E-state index contributed by atoms with van der Waals surface area (Å²) in [5, 5.41) is 1.67. The molecule has 0 bridgehead atoms. The summed E-state index contributed by atoms with van der Waals surface area (Å²) >= 11 is 0. The third kappa shape index (κ3) is 3.32. The van der Waals surface area contributed by atoms with E-state index in [9.17, 15) is 17.6 Å². The SMILES string of the molecule is Cc1c(F)cc(C(N)=O)cc1NS(=O)(=O)c1ccc2ccccc2c1. The van der Waals surface area contributed by atoms with E-state index < -0.39 is 21.7 Å². The second-order valence-corrected chi connectivity index (χ2v) is 7.29. The Morgan fingerprint density at radius 3 is 2.40 bits per heavy atom. The van der Waals surface area contributed by atoms with Crippen molar-refractivity contribution in [1.29, 1.82) is 0 Å². The number of sulfonamides is 1. The van der Waals surface area contributed by atoms with Crippen LogP contribution in [0.3, 0.4) is 0 Å². The van der Waals surface area contributed by atoms with Gasteiger partial charge in [-0.15, -0.1) is 0 Å². The van der Waals surface area contributed by atoms with Crippen LogP contribution in [0.4, 0.5) is 10.1 Å².